The summed E-state index contributed by atoms with van der Waals surface area (Å²) in [5.41, 5.74) is 4.25. The van der Waals surface area contributed by atoms with E-state index in [-0.39, 0.29) is 5.91 Å². The van der Waals surface area contributed by atoms with E-state index in [1.807, 2.05) is 24.3 Å². The van der Waals surface area contributed by atoms with Crippen molar-refractivity contribution in [1.82, 2.24) is 25.4 Å². The standard InChI is InChI=1S/C25H31N5OS/c1-18-11-19(2)14-30(13-18)15-21-5-3-20(4-6-21)12-26-24(31)23-9-7-22(8-10-23)16-32-25-27-17-28-29-25/h3-10,17-19H,11-16H2,1-2H3,(H,26,31)(H,27,28,29). The molecule has 1 fully saturated rings. The first-order valence-electron chi connectivity index (χ1n) is 11.2. The number of H-pyrrole nitrogens is 1. The molecule has 0 saturated carbocycles. The van der Waals surface area contributed by atoms with Crippen molar-refractivity contribution in [2.45, 2.75) is 44.3 Å². The average Bonchev–Trinajstić information content (AvgIpc) is 3.30. The van der Waals surface area contributed by atoms with Gasteiger partial charge < -0.3 is 5.32 Å². The quantitative estimate of drug-likeness (QED) is 0.495. The van der Waals surface area contributed by atoms with Gasteiger partial charge in [-0.15, -0.1) is 0 Å². The van der Waals surface area contributed by atoms with Gasteiger partial charge in [0.15, 0.2) is 5.16 Å². The lowest BCUT2D eigenvalue weighted by molar-refractivity contribution is 0.0951. The molecule has 0 radical (unpaired) electrons. The number of rotatable bonds is 8. The highest BCUT2D eigenvalue weighted by Gasteiger charge is 2.21. The molecule has 32 heavy (non-hydrogen) atoms. The molecule has 2 heterocycles. The van der Waals surface area contributed by atoms with Gasteiger partial charge in [-0.25, -0.2) is 4.98 Å². The van der Waals surface area contributed by atoms with E-state index < -0.39 is 0 Å². The lowest BCUT2D eigenvalue weighted by Crippen LogP contribution is -2.38. The molecule has 3 aromatic rings. The third-order valence-electron chi connectivity index (χ3n) is 5.81. The number of nitrogens with zero attached hydrogens (tertiary/aromatic N) is 3. The number of aromatic amines is 1. The number of likely N-dealkylation sites (tertiary alicyclic amines) is 1. The van der Waals surface area contributed by atoms with Gasteiger partial charge in [-0.3, -0.25) is 14.8 Å². The predicted molar refractivity (Wildman–Crippen MR) is 128 cm³/mol. The Balaban J connectivity index is 1.23. The SMILES string of the molecule is CC1CC(C)CN(Cc2ccc(CNC(=O)c3ccc(CSc4ncn[nH]4)cc3)cc2)C1. The van der Waals surface area contributed by atoms with Crippen molar-refractivity contribution in [3.8, 4) is 0 Å². The van der Waals surface area contributed by atoms with Crippen molar-refractivity contribution < 1.29 is 4.79 Å². The fourth-order valence-corrected chi connectivity index (χ4v) is 5.13. The van der Waals surface area contributed by atoms with Crippen LogP contribution in [-0.2, 0) is 18.8 Å². The minimum atomic E-state index is -0.0557. The van der Waals surface area contributed by atoms with E-state index in [0.717, 1.165) is 40.4 Å². The van der Waals surface area contributed by atoms with Crippen LogP contribution < -0.4 is 5.32 Å². The van der Waals surface area contributed by atoms with E-state index in [9.17, 15) is 4.79 Å². The monoisotopic (exact) mass is 449 g/mol. The van der Waals surface area contributed by atoms with E-state index in [4.69, 9.17) is 0 Å². The summed E-state index contributed by atoms with van der Waals surface area (Å²) in [6, 6.07) is 16.3. The van der Waals surface area contributed by atoms with Crippen LogP contribution >= 0.6 is 11.8 Å². The lowest BCUT2D eigenvalue weighted by Gasteiger charge is -2.35. The average molecular weight is 450 g/mol. The molecule has 2 atom stereocenters. The lowest BCUT2D eigenvalue weighted by atomic mass is 9.91. The Morgan fingerprint density at radius 2 is 1.69 bits per heavy atom. The summed E-state index contributed by atoms with van der Waals surface area (Å²) >= 11 is 1.58. The number of aromatic nitrogens is 3. The molecule has 2 unspecified atom stereocenters. The van der Waals surface area contributed by atoms with E-state index in [2.05, 4.69) is 63.5 Å². The summed E-state index contributed by atoms with van der Waals surface area (Å²) in [5, 5.41) is 10.5. The highest BCUT2D eigenvalue weighted by molar-refractivity contribution is 7.98. The largest absolute Gasteiger partial charge is 0.348 e. The molecule has 4 rings (SSSR count). The van der Waals surface area contributed by atoms with E-state index in [0.29, 0.717) is 12.1 Å². The van der Waals surface area contributed by atoms with Gasteiger partial charge >= 0.3 is 0 Å². The van der Waals surface area contributed by atoms with E-state index in [1.54, 1.807) is 11.8 Å². The van der Waals surface area contributed by atoms with Crippen molar-refractivity contribution in [1.29, 1.82) is 0 Å². The van der Waals surface area contributed by atoms with Crippen LogP contribution in [0.4, 0.5) is 0 Å². The van der Waals surface area contributed by atoms with Gasteiger partial charge in [0.05, 0.1) is 0 Å². The Morgan fingerprint density at radius 1 is 1.03 bits per heavy atom. The molecular weight excluding hydrogens is 418 g/mol. The molecule has 2 aromatic carbocycles. The number of carbonyl (C=O) groups excluding carboxylic acids is 1. The predicted octanol–water partition coefficient (Wildman–Crippen LogP) is 4.50. The number of carbonyl (C=O) groups is 1. The van der Waals surface area contributed by atoms with Gasteiger partial charge in [0.2, 0.25) is 0 Å². The summed E-state index contributed by atoms with van der Waals surface area (Å²) in [6.07, 6.45) is 2.83. The number of hydrogen-bond donors (Lipinski definition) is 2. The Hall–Kier alpha value is -2.64. The highest BCUT2D eigenvalue weighted by Crippen LogP contribution is 2.22. The molecule has 0 bridgehead atoms. The van der Waals surface area contributed by atoms with Crippen LogP contribution in [0.3, 0.4) is 0 Å². The molecule has 6 nitrogen and oxygen atoms in total. The van der Waals surface area contributed by atoms with Crippen molar-refractivity contribution in [3.05, 3.63) is 77.1 Å². The molecule has 7 heteroatoms. The molecule has 2 N–H and O–H groups in total. The molecular formula is C25H31N5OS. The van der Waals surface area contributed by atoms with Gasteiger partial charge in [0, 0.05) is 37.5 Å². The van der Waals surface area contributed by atoms with Crippen molar-refractivity contribution in [3.63, 3.8) is 0 Å². The number of benzene rings is 2. The molecule has 168 valence electrons. The zero-order valence-electron chi connectivity index (χ0n) is 18.8. The first-order chi connectivity index (χ1) is 15.5. The highest BCUT2D eigenvalue weighted by atomic mass is 32.2. The number of thioether (sulfide) groups is 1. The topological polar surface area (TPSA) is 73.9 Å². The Kier molecular flexibility index (Phi) is 7.60. The minimum absolute atomic E-state index is 0.0557. The van der Waals surface area contributed by atoms with Crippen LogP contribution in [0, 0.1) is 11.8 Å². The number of hydrogen-bond acceptors (Lipinski definition) is 5. The van der Waals surface area contributed by atoms with Crippen LogP contribution in [-0.4, -0.2) is 39.1 Å². The third-order valence-corrected chi connectivity index (χ3v) is 6.76. The zero-order chi connectivity index (χ0) is 22.3. The van der Waals surface area contributed by atoms with Gasteiger partial charge in [0.1, 0.15) is 6.33 Å². The van der Waals surface area contributed by atoms with Gasteiger partial charge in [-0.2, -0.15) is 5.10 Å². The summed E-state index contributed by atoms with van der Waals surface area (Å²) in [4.78, 5) is 19.2. The van der Waals surface area contributed by atoms with Crippen molar-refractivity contribution >= 4 is 17.7 Å². The van der Waals surface area contributed by atoms with Crippen molar-refractivity contribution in [2.24, 2.45) is 11.8 Å². The summed E-state index contributed by atoms with van der Waals surface area (Å²) in [6.45, 7) is 8.58. The Labute approximate surface area is 194 Å². The third kappa shape index (κ3) is 6.43. The maximum Gasteiger partial charge on any atom is 0.251 e. The summed E-state index contributed by atoms with van der Waals surface area (Å²) in [7, 11) is 0. The van der Waals surface area contributed by atoms with Crippen molar-refractivity contribution in [2.75, 3.05) is 13.1 Å². The number of nitrogens with one attached hydrogen (secondary N) is 2. The Morgan fingerprint density at radius 3 is 2.34 bits per heavy atom. The fraction of sp³-hybridized carbons (Fsp3) is 0.400. The minimum Gasteiger partial charge on any atom is -0.348 e. The first kappa shape index (κ1) is 22.6. The second kappa shape index (κ2) is 10.8. The van der Waals surface area contributed by atoms with Crippen LogP contribution in [0.5, 0.6) is 0 Å². The van der Waals surface area contributed by atoms with Gasteiger partial charge in [-0.1, -0.05) is 62.0 Å². The normalized spacial score (nSPS) is 19.1. The number of amides is 1. The molecule has 0 aliphatic carbocycles. The Bertz CT molecular complexity index is 978. The maximum atomic E-state index is 12.5. The van der Waals surface area contributed by atoms with Gasteiger partial charge in [0.25, 0.3) is 5.91 Å². The van der Waals surface area contributed by atoms with Crippen LogP contribution in [0.25, 0.3) is 0 Å². The van der Waals surface area contributed by atoms with E-state index >= 15 is 0 Å². The van der Waals surface area contributed by atoms with Crippen LogP contribution in [0.2, 0.25) is 0 Å². The summed E-state index contributed by atoms with van der Waals surface area (Å²) in [5.74, 6) is 2.27. The second-order valence-electron chi connectivity index (χ2n) is 8.92. The van der Waals surface area contributed by atoms with Crippen LogP contribution in [0.1, 0.15) is 47.3 Å². The zero-order valence-corrected chi connectivity index (χ0v) is 19.6. The molecule has 1 saturated heterocycles. The summed E-state index contributed by atoms with van der Waals surface area (Å²) < 4.78 is 0. The first-order valence-corrected chi connectivity index (χ1v) is 12.2. The van der Waals surface area contributed by atoms with E-state index in [1.165, 1.54) is 31.4 Å². The smallest absolute Gasteiger partial charge is 0.251 e. The molecule has 1 amide bonds. The molecule has 0 spiro atoms. The maximum absolute atomic E-state index is 12.5. The molecule has 1 aliphatic rings. The molecule has 1 aliphatic heterocycles. The number of piperidine rings is 1. The fourth-order valence-electron chi connectivity index (χ4n) is 4.39. The second-order valence-corrected chi connectivity index (χ2v) is 9.88. The van der Waals surface area contributed by atoms with Gasteiger partial charge in [-0.05, 0) is 47.1 Å². The van der Waals surface area contributed by atoms with Crippen LogP contribution in [0.15, 0.2) is 60.0 Å². The molecule has 1 aromatic heterocycles.